The van der Waals surface area contributed by atoms with Gasteiger partial charge in [-0.05, 0) is 39.8 Å². The lowest BCUT2D eigenvalue weighted by molar-refractivity contribution is -0.147. The summed E-state index contributed by atoms with van der Waals surface area (Å²) in [6, 6.07) is -0.451. The molecule has 0 aromatic rings. The van der Waals surface area contributed by atoms with E-state index in [9.17, 15) is 14.4 Å². The predicted molar refractivity (Wildman–Crippen MR) is 69.2 cm³/mol. The molecule has 1 fully saturated rings. The summed E-state index contributed by atoms with van der Waals surface area (Å²) in [5, 5.41) is 0. The van der Waals surface area contributed by atoms with E-state index in [1.807, 2.05) is 4.90 Å². The molecule has 0 aromatic carbocycles. The van der Waals surface area contributed by atoms with Crippen LogP contribution in [0.4, 0.5) is 0 Å². The average molecular weight is 270 g/mol. The zero-order chi connectivity index (χ0) is 14.4. The summed E-state index contributed by atoms with van der Waals surface area (Å²) in [5.41, 5.74) is 5.27. The number of piperidine rings is 1. The van der Waals surface area contributed by atoms with Gasteiger partial charge in [-0.25, -0.2) is 0 Å². The van der Waals surface area contributed by atoms with Crippen LogP contribution in [0.1, 0.15) is 33.1 Å². The molecule has 1 rings (SSSR count). The SMILES string of the molecule is CCOC(=O)CC(C(C)=O)N1CCC(C(N)=O)CC1. The molecule has 108 valence electrons. The van der Waals surface area contributed by atoms with Gasteiger partial charge in [0.25, 0.3) is 0 Å². The van der Waals surface area contributed by atoms with Crippen LogP contribution in [0.3, 0.4) is 0 Å². The van der Waals surface area contributed by atoms with Crippen LogP contribution < -0.4 is 5.73 Å². The van der Waals surface area contributed by atoms with Crippen molar-refractivity contribution < 1.29 is 19.1 Å². The Bertz CT molecular complexity index is 349. The molecule has 2 N–H and O–H groups in total. The van der Waals surface area contributed by atoms with Gasteiger partial charge in [-0.1, -0.05) is 0 Å². The largest absolute Gasteiger partial charge is 0.466 e. The van der Waals surface area contributed by atoms with Crippen LogP contribution in [0.25, 0.3) is 0 Å². The Kier molecular flexibility index (Phi) is 5.95. The Labute approximate surface area is 113 Å². The lowest BCUT2D eigenvalue weighted by Crippen LogP contribution is -2.47. The van der Waals surface area contributed by atoms with Gasteiger partial charge in [-0.2, -0.15) is 0 Å². The molecule has 1 aliphatic heterocycles. The Morgan fingerprint density at radius 1 is 1.32 bits per heavy atom. The van der Waals surface area contributed by atoms with Crippen LogP contribution in [-0.2, 0) is 19.1 Å². The van der Waals surface area contributed by atoms with Crippen LogP contribution in [-0.4, -0.2) is 48.3 Å². The zero-order valence-electron chi connectivity index (χ0n) is 11.6. The molecule has 1 heterocycles. The maximum absolute atomic E-state index is 11.7. The highest BCUT2D eigenvalue weighted by Gasteiger charge is 2.31. The van der Waals surface area contributed by atoms with E-state index in [2.05, 4.69) is 0 Å². The maximum Gasteiger partial charge on any atom is 0.307 e. The van der Waals surface area contributed by atoms with Gasteiger partial charge >= 0.3 is 5.97 Å². The molecule has 0 aliphatic carbocycles. The van der Waals surface area contributed by atoms with Crippen LogP contribution >= 0.6 is 0 Å². The first kappa shape index (κ1) is 15.6. The third-order valence-electron chi connectivity index (χ3n) is 3.51. The first-order valence-corrected chi connectivity index (χ1v) is 6.65. The Morgan fingerprint density at radius 3 is 2.32 bits per heavy atom. The standard InChI is InChI=1S/C13H22N2O4/c1-3-19-12(17)8-11(9(2)16)15-6-4-10(5-7-15)13(14)18/h10-11H,3-8H2,1-2H3,(H2,14,18). The number of likely N-dealkylation sites (tertiary alicyclic amines) is 1. The van der Waals surface area contributed by atoms with E-state index in [0.717, 1.165) is 0 Å². The first-order chi connectivity index (χ1) is 8.95. The van der Waals surface area contributed by atoms with Crippen molar-refractivity contribution in [3.05, 3.63) is 0 Å². The fraction of sp³-hybridized carbons (Fsp3) is 0.769. The van der Waals surface area contributed by atoms with E-state index in [-0.39, 0.29) is 30.0 Å². The van der Waals surface area contributed by atoms with Crippen molar-refractivity contribution in [2.24, 2.45) is 11.7 Å². The molecule has 6 heteroatoms. The summed E-state index contributed by atoms with van der Waals surface area (Å²) in [7, 11) is 0. The maximum atomic E-state index is 11.7. The van der Waals surface area contributed by atoms with Gasteiger partial charge in [0.05, 0.1) is 19.1 Å². The highest BCUT2D eigenvalue weighted by molar-refractivity contribution is 5.86. The molecule has 1 aliphatic rings. The molecule has 1 saturated heterocycles. The molecule has 0 aromatic heterocycles. The topological polar surface area (TPSA) is 89.7 Å². The summed E-state index contributed by atoms with van der Waals surface area (Å²) >= 11 is 0. The number of Topliss-reactive ketones (excluding diaryl/α,β-unsaturated/α-hetero) is 1. The summed E-state index contributed by atoms with van der Waals surface area (Å²) < 4.78 is 4.88. The van der Waals surface area contributed by atoms with Crippen molar-refractivity contribution in [2.75, 3.05) is 19.7 Å². The van der Waals surface area contributed by atoms with E-state index in [1.165, 1.54) is 6.92 Å². The van der Waals surface area contributed by atoms with Gasteiger partial charge in [0.1, 0.15) is 5.78 Å². The fourth-order valence-electron chi connectivity index (χ4n) is 2.40. The molecular weight excluding hydrogens is 248 g/mol. The minimum Gasteiger partial charge on any atom is -0.466 e. The molecule has 1 amide bonds. The van der Waals surface area contributed by atoms with Crippen LogP contribution in [0.2, 0.25) is 0 Å². The third-order valence-corrected chi connectivity index (χ3v) is 3.51. The molecule has 1 unspecified atom stereocenters. The third kappa shape index (κ3) is 4.63. The smallest absolute Gasteiger partial charge is 0.307 e. The molecule has 6 nitrogen and oxygen atoms in total. The Hall–Kier alpha value is -1.43. The number of nitrogens with two attached hydrogens (primary N) is 1. The highest BCUT2D eigenvalue weighted by Crippen LogP contribution is 2.20. The zero-order valence-corrected chi connectivity index (χ0v) is 11.6. The van der Waals surface area contributed by atoms with E-state index >= 15 is 0 Å². The monoisotopic (exact) mass is 270 g/mol. The molecular formula is C13H22N2O4. The van der Waals surface area contributed by atoms with Crippen LogP contribution in [0, 0.1) is 5.92 Å². The van der Waals surface area contributed by atoms with Gasteiger partial charge in [0.2, 0.25) is 5.91 Å². The second-order valence-electron chi connectivity index (χ2n) is 4.85. The molecule has 0 saturated carbocycles. The van der Waals surface area contributed by atoms with Crippen molar-refractivity contribution >= 4 is 17.7 Å². The van der Waals surface area contributed by atoms with Crippen molar-refractivity contribution in [1.82, 2.24) is 4.90 Å². The normalized spacial score (nSPS) is 18.8. The summed E-state index contributed by atoms with van der Waals surface area (Å²) in [6.07, 6.45) is 1.36. The van der Waals surface area contributed by atoms with Crippen molar-refractivity contribution in [2.45, 2.75) is 39.2 Å². The molecule has 1 atom stereocenters. The Morgan fingerprint density at radius 2 is 1.89 bits per heavy atom. The van der Waals surface area contributed by atoms with Gasteiger partial charge < -0.3 is 10.5 Å². The molecule has 19 heavy (non-hydrogen) atoms. The minimum absolute atomic E-state index is 0.0504. The van der Waals surface area contributed by atoms with Crippen molar-refractivity contribution in [3.8, 4) is 0 Å². The number of carbonyl (C=O) groups is 3. The first-order valence-electron chi connectivity index (χ1n) is 6.65. The summed E-state index contributed by atoms with van der Waals surface area (Å²) in [4.78, 5) is 36.2. The number of amides is 1. The van der Waals surface area contributed by atoms with Crippen molar-refractivity contribution in [3.63, 3.8) is 0 Å². The summed E-state index contributed by atoms with van der Waals surface area (Å²) in [6.45, 7) is 4.74. The summed E-state index contributed by atoms with van der Waals surface area (Å²) in [5.74, 6) is -0.818. The minimum atomic E-state index is -0.451. The van der Waals surface area contributed by atoms with Gasteiger partial charge in [0, 0.05) is 5.92 Å². The number of carbonyl (C=O) groups excluding carboxylic acids is 3. The number of primary amides is 1. The fourth-order valence-corrected chi connectivity index (χ4v) is 2.40. The predicted octanol–water partition coefficient (Wildman–Crippen LogP) is 0.0945. The van der Waals surface area contributed by atoms with Crippen LogP contribution in [0.15, 0.2) is 0 Å². The average Bonchev–Trinajstić information content (AvgIpc) is 2.36. The van der Waals surface area contributed by atoms with Gasteiger partial charge in [-0.3, -0.25) is 19.3 Å². The molecule has 0 radical (unpaired) electrons. The quantitative estimate of drug-likeness (QED) is 0.691. The lowest BCUT2D eigenvalue weighted by atomic mass is 9.94. The van der Waals surface area contributed by atoms with Crippen molar-refractivity contribution in [1.29, 1.82) is 0 Å². The number of rotatable bonds is 6. The Balaban J connectivity index is 2.56. The lowest BCUT2D eigenvalue weighted by Gasteiger charge is -2.35. The number of ketones is 1. The van der Waals surface area contributed by atoms with Gasteiger partial charge in [0.15, 0.2) is 0 Å². The number of hydrogen-bond acceptors (Lipinski definition) is 5. The van der Waals surface area contributed by atoms with E-state index in [4.69, 9.17) is 10.5 Å². The number of hydrogen-bond donors (Lipinski definition) is 1. The molecule has 0 spiro atoms. The van der Waals surface area contributed by atoms with E-state index in [1.54, 1.807) is 6.92 Å². The van der Waals surface area contributed by atoms with E-state index in [0.29, 0.717) is 32.5 Å². The molecule has 0 bridgehead atoms. The second-order valence-corrected chi connectivity index (χ2v) is 4.85. The van der Waals surface area contributed by atoms with Crippen LogP contribution in [0.5, 0.6) is 0 Å². The second kappa shape index (κ2) is 7.23. The number of nitrogens with zero attached hydrogens (tertiary/aromatic N) is 1. The highest BCUT2D eigenvalue weighted by atomic mass is 16.5. The van der Waals surface area contributed by atoms with E-state index < -0.39 is 6.04 Å². The number of ether oxygens (including phenoxy) is 1. The van der Waals surface area contributed by atoms with Gasteiger partial charge in [-0.15, -0.1) is 0 Å². The number of esters is 1.